The van der Waals surface area contributed by atoms with Gasteiger partial charge in [-0.2, -0.15) is 0 Å². The number of hydrogen-bond donors (Lipinski definition) is 1. The van der Waals surface area contributed by atoms with Gasteiger partial charge in [0.1, 0.15) is 5.78 Å². The molecule has 0 radical (unpaired) electrons. The number of carboxylic acids is 1. The van der Waals surface area contributed by atoms with Crippen LogP contribution in [0.2, 0.25) is 0 Å². The lowest BCUT2D eigenvalue weighted by molar-refractivity contribution is -0.120. The molecule has 1 N–H and O–H groups in total. The number of hydrogen-bond acceptors (Lipinski definition) is 5. The van der Waals surface area contributed by atoms with Crippen LogP contribution in [-0.4, -0.2) is 28.6 Å². The van der Waals surface area contributed by atoms with E-state index in [0.717, 1.165) is 18.4 Å². The van der Waals surface area contributed by atoms with Crippen LogP contribution >= 0.6 is 0 Å². The van der Waals surface area contributed by atoms with E-state index >= 15 is 0 Å². The first-order valence-electron chi connectivity index (χ1n) is 9.78. The first kappa shape index (κ1) is 18.4. The van der Waals surface area contributed by atoms with Crippen LogP contribution < -0.4 is 9.47 Å². The van der Waals surface area contributed by atoms with Gasteiger partial charge in [-0.05, 0) is 48.2 Å². The molecule has 152 valence electrons. The van der Waals surface area contributed by atoms with E-state index in [4.69, 9.17) is 9.47 Å². The Kier molecular flexibility index (Phi) is 4.28. The summed E-state index contributed by atoms with van der Waals surface area (Å²) in [5, 5.41) is 9.38. The highest BCUT2D eigenvalue weighted by molar-refractivity contribution is 5.96. The van der Waals surface area contributed by atoms with E-state index in [0.29, 0.717) is 28.3 Å². The van der Waals surface area contributed by atoms with Crippen LogP contribution in [0.3, 0.4) is 0 Å². The molecule has 1 aliphatic heterocycles. The zero-order valence-corrected chi connectivity index (χ0v) is 16.1. The second-order valence-corrected chi connectivity index (χ2v) is 7.64. The number of ether oxygens (including phenoxy) is 2. The topological polar surface area (TPSA) is 85.7 Å². The minimum absolute atomic E-state index is 0. The molecule has 0 saturated heterocycles. The smallest absolute Gasteiger partial charge is 0.336 e. The van der Waals surface area contributed by atoms with Crippen LogP contribution in [0.5, 0.6) is 11.5 Å². The Hall–Kier alpha value is -3.67. The second kappa shape index (κ2) is 6.99. The molecule has 5 rings (SSSR count). The minimum Gasteiger partial charge on any atom is -0.478 e. The van der Waals surface area contributed by atoms with E-state index in [1.807, 2.05) is 24.3 Å². The quantitative estimate of drug-likeness (QED) is 0.662. The molecule has 0 bridgehead atoms. The predicted molar refractivity (Wildman–Crippen MR) is 111 cm³/mol. The monoisotopic (exact) mass is 403 g/mol. The Labute approximate surface area is 174 Å². The molecule has 1 aromatic heterocycles. The molecule has 6 heteroatoms. The van der Waals surface area contributed by atoms with Crippen molar-refractivity contribution >= 4 is 11.8 Å². The average Bonchev–Trinajstić information content (AvgIpc) is 3.45. The molecule has 2 heterocycles. The molecular weight excluding hydrogens is 382 g/mol. The highest BCUT2D eigenvalue weighted by atomic mass is 16.7. The number of aromatic nitrogens is 1. The zero-order chi connectivity index (χ0) is 20.7. The van der Waals surface area contributed by atoms with Gasteiger partial charge in [0.15, 0.2) is 11.5 Å². The molecule has 3 aromatic rings. The number of carbonyl (C=O) groups excluding carboxylic acids is 1. The predicted octanol–water partition coefficient (Wildman–Crippen LogP) is 4.26. The number of benzene rings is 2. The van der Waals surface area contributed by atoms with E-state index in [1.54, 1.807) is 36.5 Å². The molecule has 0 atom stereocenters. The van der Waals surface area contributed by atoms with Gasteiger partial charge in [0.25, 0.3) is 0 Å². The fraction of sp³-hybridized carbons (Fsp3) is 0.208. The van der Waals surface area contributed by atoms with Gasteiger partial charge in [0, 0.05) is 25.3 Å². The third-order valence-corrected chi connectivity index (χ3v) is 5.84. The number of rotatable bonds is 6. The van der Waals surface area contributed by atoms with E-state index in [9.17, 15) is 14.7 Å². The lowest BCUT2D eigenvalue weighted by atomic mass is 9.88. The van der Waals surface area contributed by atoms with Crippen molar-refractivity contribution in [3.63, 3.8) is 0 Å². The second-order valence-electron chi connectivity index (χ2n) is 7.64. The molecule has 2 aromatic carbocycles. The molecule has 1 saturated carbocycles. The molecule has 0 unspecified atom stereocenters. The summed E-state index contributed by atoms with van der Waals surface area (Å²) in [6.07, 6.45) is 3.49. The molecule has 6 nitrogen and oxygen atoms in total. The van der Waals surface area contributed by atoms with Gasteiger partial charge in [-0.3, -0.25) is 9.78 Å². The van der Waals surface area contributed by atoms with E-state index in [2.05, 4.69) is 4.98 Å². The summed E-state index contributed by atoms with van der Waals surface area (Å²) in [5.74, 6) is 0.545. The van der Waals surface area contributed by atoms with E-state index in [-0.39, 0.29) is 26.0 Å². The normalized spacial score (nSPS) is 15.6. The molecule has 30 heavy (non-hydrogen) atoms. The Morgan fingerprint density at radius 2 is 1.83 bits per heavy atom. The SMILES string of the molecule is O=C(O)c1ccccc1-c1ccc(CC(=O)C2(c3ccc4c(c3)OCO4)CC2)nc1.[HH]. The fourth-order valence-corrected chi connectivity index (χ4v) is 3.99. The number of aromatic carboxylic acids is 1. The number of Topliss-reactive ketones (excluding diaryl/α,β-unsaturated/α-hetero) is 1. The number of nitrogens with zero attached hydrogens (tertiary/aromatic N) is 1. The van der Waals surface area contributed by atoms with Gasteiger partial charge in [-0.25, -0.2) is 4.79 Å². The maximum atomic E-state index is 13.1. The van der Waals surface area contributed by atoms with Crippen molar-refractivity contribution in [1.82, 2.24) is 4.98 Å². The first-order chi connectivity index (χ1) is 14.6. The first-order valence-corrected chi connectivity index (χ1v) is 9.78. The summed E-state index contributed by atoms with van der Waals surface area (Å²) in [4.78, 5) is 29.0. The Bertz CT molecular complexity index is 1150. The molecular formula is C24H21NO5. The van der Waals surface area contributed by atoms with Crippen molar-refractivity contribution < 1.29 is 25.6 Å². The molecule has 0 amide bonds. The van der Waals surface area contributed by atoms with Crippen molar-refractivity contribution in [2.45, 2.75) is 24.7 Å². The Balaban J connectivity index is 0.00000231. The van der Waals surface area contributed by atoms with Crippen molar-refractivity contribution in [3.05, 3.63) is 77.6 Å². The lowest BCUT2D eigenvalue weighted by Gasteiger charge is -2.15. The number of carboxylic acid groups (broad SMARTS) is 1. The summed E-state index contributed by atoms with van der Waals surface area (Å²) >= 11 is 0. The van der Waals surface area contributed by atoms with Gasteiger partial charge in [0.2, 0.25) is 6.79 Å². The largest absolute Gasteiger partial charge is 0.478 e. The number of carbonyl (C=O) groups is 2. The van der Waals surface area contributed by atoms with Crippen LogP contribution in [-0.2, 0) is 16.6 Å². The highest BCUT2D eigenvalue weighted by Gasteiger charge is 2.50. The summed E-state index contributed by atoms with van der Waals surface area (Å²) in [5.41, 5.74) is 2.70. The molecule has 0 spiro atoms. The summed E-state index contributed by atoms with van der Waals surface area (Å²) < 4.78 is 10.8. The maximum absolute atomic E-state index is 13.1. The molecule has 2 aliphatic rings. The van der Waals surface area contributed by atoms with E-state index < -0.39 is 11.4 Å². The van der Waals surface area contributed by atoms with Crippen LogP contribution in [0, 0.1) is 0 Å². The Morgan fingerprint density at radius 1 is 1.03 bits per heavy atom. The van der Waals surface area contributed by atoms with Crippen LogP contribution in [0.25, 0.3) is 11.1 Å². The highest BCUT2D eigenvalue weighted by Crippen LogP contribution is 2.51. The minimum atomic E-state index is -0.982. The third kappa shape index (κ3) is 3.10. The molecule has 1 aliphatic carbocycles. The average molecular weight is 403 g/mol. The summed E-state index contributed by atoms with van der Waals surface area (Å²) in [6.45, 7) is 0.209. The zero-order valence-electron chi connectivity index (χ0n) is 16.1. The van der Waals surface area contributed by atoms with Crippen molar-refractivity contribution in [3.8, 4) is 22.6 Å². The number of fused-ring (bicyclic) bond motifs is 1. The summed E-state index contributed by atoms with van der Waals surface area (Å²) in [7, 11) is 0. The summed E-state index contributed by atoms with van der Waals surface area (Å²) in [6, 6.07) is 16.1. The maximum Gasteiger partial charge on any atom is 0.336 e. The molecule has 1 fully saturated rings. The van der Waals surface area contributed by atoms with Gasteiger partial charge in [-0.15, -0.1) is 0 Å². The fourth-order valence-electron chi connectivity index (χ4n) is 3.99. The number of pyridine rings is 1. The van der Waals surface area contributed by atoms with Crippen LogP contribution in [0.4, 0.5) is 0 Å². The standard InChI is InChI=1S/C24H19NO5.H2/c26-22(24(9-10-24)16-6-8-20-21(11-16)30-14-29-20)12-17-7-5-15(13-25-17)18-3-1-2-4-19(18)23(27)28;/h1-8,11,13H,9-10,12,14H2,(H,27,28);1H. The van der Waals surface area contributed by atoms with Crippen molar-refractivity contribution in [2.75, 3.05) is 6.79 Å². The van der Waals surface area contributed by atoms with Gasteiger partial charge in [-0.1, -0.05) is 30.3 Å². The van der Waals surface area contributed by atoms with Crippen molar-refractivity contribution in [1.29, 1.82) is 0 Å². The van der Waals surface area contributed by atoms with Crippen molar-refractivity contribution in [2.24, 2.45) is 0 Å². The van der Waals surface area contributed by atoms with Gasteiger partial charge < -0.3 is 14.6 Å². The van der Waals surface area contributed by atoms with Crippen LogP contribution in [0.15, 0.2) is 60.8 Å². The lowest BCUT2D eigenvalue weighted by Crippen LogP contribution is -2.22. The van der Waals surface area contributed by atoms with Gasteiger partial charge >= 0.3 is 5.97 Å². The third-order valence-electron chi connectivity index (χ3n) is 5.84. The van der Waals surface area contributed by atoms with Gasteiger partial charge in [0.05, 0.1) is 11.0 Å². The van der Waals surface area contributed by atoms with Crippen LogP contribution in [0.1, 0.15) is 35.9 Å². The number of ketones is 1. The Morgan fingerprint density at radius 3 is 2.57 bits per heavy atom. The van der Waals surface area contributed by atoms with E-state index in [1.165, 1.54) is 0 Å².